The van der Waals surface area contributed by atoms with E-state index in [0.29, 0.717) is 27.8 Å². The minimum atomic E-state index is -0.344. The second kappa shape index (κ2) is 7.11. The highest BCUT2D eigenvalue weighted by Gasteiger charge is 2.20. The highest BCUT2D eigenvalue weighted by atomic mass is 35.5. The number of thiophene rings is 1. The highest BCUT2D eigenvalue weighted by Crippen LogP contribution is 2.41. The number of carbonyl (C=O) groups is 1. The van der Waals surface area contributed by atoms with E-state index in [9.17, 15) is 10.1 Å². The average Bonchev–Trinajstić information content (AvgIpc) is 2.84. The van der Waals surface area contributed by atoms with Gasteiger partial charge in [-0.1, -0.05) is 36.5 Å². The molecular formula is C15H13ClN2O2S. The van der Waals surface area contributed by atoms with Crippen molar-refractivity contribution in [3.63, 3.8) is 0 Å². The van der Waals surface area contributed by atoms with E-state index in [1.54, 1.807) is 0 Å². The molecule has 0 saturated heterocycles. The normalized spacial score (nSPS) is 9.95. The second-order valence-corrected chi connectivity index (χ2v) is 5.38. The summed E-state index contributed by atoms with van der Waals surface area (Å²) in [5.74, 6) is 0.190. The molecule has 108 valence electrons. The molecule has 21 heavy (non-hydrogen) atoms. The van der Waals surface area contributed by atoms with Crippen LogP contribution >= 0.6 is 22.9 Å². The van der Waals surface area contributed by atoms with Crippen LogP contribution in [0.15, 0.2) is 30.3 Å². The minimum Gasteiger partial charge on any atom is -0.446 e. The van der Waals surface area contributed by atoms with Gasteiger partial charge in [-0.3, -0.25) is 4.79 Å². The quantitative estimate of drug-likeness (QED) is 0.842. The van der Waals surface area contributed by atoms with Gasteiger partial charge in [0.15, 0.2) is 5.06 Å². The Labute approximate surface area is 131 Å². The van der Waals surface area contributed by atoms with Crippen LogP contribution in [0.2, 0.25) is 0 Å². The summed E-state index contributed by atoms with van der Waals surface area (Å²) in [4.78, 5) is 11.4. The number of nitrogens with zero attached hydrogens (tertiary/aromatic N) is 1. The van der Waals surface area contributed by atoms with Crippen LogP contribution in [-0.2, 0) is 11.2 Å². The van der Waals surface area contributed by atoms with Crippen LogP contribution in [0.4, 0.5) is 5.00 Å². The van der Waals surface area contributed by atoms with Crippen molar-refractivity contribution in [3.05, 3.63) is 41.5 Å². The fourth-order valence-corrected chi connectivity index (χ4v) is 3.01. The first-order valence-electron chi connectivity index (χ1n) is 6.34. The van der Waals surface area contributed by atoms with Gasteiger partial charge < -0.3 is 10.1 Å². The molecule has 0 spiro atoms. The third-order valence-electron chi connectivity index (χ3n) is 2.76. The molecule has 0 aliphatic rings. The third kappa shape index (κ3) is 3.54. The summed E-state index contributed by atoms with van der Waals surface area (Å²) >= 11 is 6.72. The van der Waals surface area contributed by atoms with Gasteiger partial charge in [0.25, 0.3) is 0 Å². The molecule has 0 atom stereocenters. The first-order chi connectivity index (χ1) is 10.2. The van der Waals surface area contributed by atoms with E-state index in [-0.39, 0.29) is 11.8 Å². The Bertz CT molecular complexity index is 677. The van der Waals surface area contributed by atoms with Crippen molar-refractivity contribution in [3.8, 4) is 16.9 Å². The number of para-hydroxylation sites is 1. The van der Waals surface area contributed by atoms with Crippen molar-refractivity contribution in [2.45, 2.75) is 13.3 Å². The first-order valence-corrected chi connectivity index (χ1v) is 7.69. The molecule has 0 radical (unpaired) electrons. The summed E-state index contributed by atoms with van der Waals surface area (Å²) in [6.45, 7) is 1.94. The lowest BCUT2D eigenvalue weighted by atomic mass is 10.1. The summed E-state index contributed by atoms with van der Waals surface area (Å²) < 4.78 is 5.82. The van der Waals surface area contributed by atoms with Crippen LogP contribution in [-0.4, -0.2) is 11.8 Å². The van der Waals surface area contributed by atoms with E-state index in [1.807, 2.05) is 37.3 Å². The lowest BCUT2D eigenvalue weighted by Crippen LogP contribution is -2.12. The number of nitriles is 1. The smallest absolute Gasteiger partial charge is 0.239 e. The van der Waals surface area contributed by atoms with E-state index in [1.165, 1.54) is 11.3 Å². The molecular weight excluding hydrogens is 308 g/mol. The number of alkyl halides is 1. The lowest BCUT2D eigenvalue weighted by molar-refractivity contribution is -0.113. The Kier molecular flexibility index (Phi) is 5.20. The number of carbonyl (C=O) groups excluding carboxylic acids is 1. The van der Waals surface area contributed by atoms with Crippen LogP contribution in [0.5, 0.6) is 10.8 Å². The van der Waals surface area contributed by atoms with Gasteiger partial charge in [-0.25, -0.2) is 0 Å². The van der Waals surface area contributed by atoms with Crippen molar-refractivity contribution in [2.75, 3.05) is 11.2 Å². The SMILES string of the molecule is CCc1c(Oc2ccccc2)sc(NC(=O)CCl)c1C#N. The third-order valence-corrected chi connectivity index (χ3v) is 4.03. The number of ether oxygens (including phenoxy) is 1. The van der Waals surface area contributed by atoms with Crippen molar-refractivity contribution in [2.24, 2.45) is 0 Å². The van der Waals surface area contributed by atoms with Crippen LogP contribution in [0.1, 0.15) is 18.1 Å². The van der Waals surface area contributed by atoms with Crippen molar-refractivity contribution in [1.82, 2.24) is 0 Å². The number of amides is 1. The molecule has 2 aromatic rings. The number of benzene rings is 1. The van der Waals surface area contributed by atoms with Crippen LogP contribution in [0.3, 0.4) is 0 Å². The monoisotopic (exact) mass is 320 g/mol. The molecule has 4 nitrogen and oxygen atoms in total. The number of hydrogen-bond acceptors (Lipinski definition) is 4. The number of rotatable bonds is 5. The molecule has 0 unspecified atom stereocenters. The summed E-state index contributed by atoms with van der Waals surface area (Å²) in [5, 5.41) is 13.0. The maximum atomic E-state index is 11.4. The molecule has 0 aliphatic carbocycles. The molecule has 0 aliphatic heterocycles. The molecule has 0 fully saturated rings. The fourth-order valence-electron chi connectivity index (χ4n) is 1.81. The first kappa shape index (κ1) is 15.4. The Morgan fingerprint density at radius 2 is 2.14 bits per heavy atom. The van der Waals surface area contributed by atoms with Crippen LogP contribution in [0.25, 0.3) is 0 Å². The molecule has 0 saturated carbocycles. The van der Waals surface area contributed by atoms with Gasteiger partial charge >= 0.3 is 0 Å². The van der Waals surface area contributed by atoms with E-state index in [4.69, 9.17) is 16.3 Å². The van der Waals surface area contributed by atoms with Gasteiger partial charge in [-0.05, 0) is 18.6 Å². The molecule has 1 heterocycles. The van der Waals surface area contributed by atoms with Crippen molar-refractivity contribution in [1.29, 1.82) is 5.26 Å². The largest absolute Gasteiger partial charge is 0.446 e. The topological polar surface area (TPSA) is 62.1 Å². The maximum Gasteiger partial charge on any atom is 0.239 e. The van der Waals surface area contributed by atoms with Crippen LogP contribution < -0.4 is 10.1 Å². The molecule has 1 aromatic carbocycles. The predicted molar refractivity (Wildman–Crippen MR) is 84.3 cm³/mol. The highest BCUT2D eigenvalue weighted by molar-refractivity contribution is 7.18. The van der Waals surface area contributed by atoms with Gasteiger partial charge in [0.05, 0.1) is 5.56 Å². The summed E-state index contributed by atoms with van der Waals surface area (Å²) in [5.41, 5.74) is 1.23. The van der Waals surface area contributed by atoms with Gasteiger partial charge in [0.1, 0.15) is 22.7 Å². The molecule has 1 amide bonds. The van der Waals surface area contributed by atoms with Gasteiger partial charge in [0, 0.05) is 5.56 Å². The summed E-state index contributed by atoms with van der Waals surface area (Å²) in [6.07, 6.45) is 0.637. The Morgan fingerprint density at radius 3 is 2.71 bits per heavy atom. The Morgan fingerprint density at radius 1 is 1.43 bits per heavy atom. The summed E-state index contributed by atoms with van der Waals surface area (Å²) in [7, 11) is 0. The number of nitrogens with one attached hydrogen (secondary N) is 1. The number of halogens is 1. The van der Waals surface area contributed by atoms with E-state index >= 15 is 0 Å². The van der Waals surface area contributed by atoms with Crippen LogP contribution in [0, 0.1) is 11.3 Å². The molecule has 0 bridgehead atoms. The Hall–Kier alpha value is -2.03. The fraction of sp³-hybridized carbons (Fsp3) is 0.200. The van der Waals surface area contributed by atoms with Crippen molar-refractivity contribution < 1.29 is 9.53 Å². The zero-order chi connectivity index (χ0) is 15.2. The zero-order valence-electron chi connectivity index (χ0n) is 11.4. The Balaban J connectivity index is 2.37. The lowest BCUT2D eigenvalue weighted by Gasteiger charge is -2.04. The molecule has 2 rings (SSSR count). The minimum absolute atomic E-state index is 0.154. The number of hydrogen-bond donors (Lipinski definition) is 1. The maximum absolute atomic E-state index is 11.4. The van der Waals surface area contributed by atoms with E-state index in [2.05, 4.69) is 11.4 Å². The molecule has 6 heteroatoms. The summed E-state index contributed by atoms with van der Waals surface area (Å²) in [6, 6.07) is 11.4. The standard InChI is InChI=1S/C15H13ClN2O2S/c1-2-11-12(9-17)14(18-13(19)8-16)21-15(11)20-10-6-4-3-5-7-10/h3-7H,2,8H2,1H3,(H,18,19). The average molecular weight is 321 g/mol. The van der Waals surface area contributed by atoms with Gasteiger partial charge in [-0.15, -0.1) is 11.6 Å². The second-order valence-electron chi connectivity index (χ2n) is 4.13. The number of anilines is 1. The van der Waals surface area contributed by atoms with Gasteiger partial charge in [0.2, 0.25) is 5.91 Å². The zero-order valence-corrected chi connectivity index (χ0v) is 12.9. The molecule has 1 aromatic heterocycles. The van der Waals surface area contributed by atoms with E-state index < -0.39 is 0 Å². The van der Waals surface area contributed by atoms with E-state index in [0.717, 1.165) is 5.56 Å². The van der Waals surface area contributed by atoms with Crippen molar-refractivity contribution >= 4 is 33.8 Å². The van der Waals surface area contributed by atoms with Gasteiger partial charge in [-0.2, -0.15) is 5.26 Å². The molecule has 1 N–H and O–H groups in total. The predicted octanol–water partition coefficient (Wildman–Crippen LogP) is 4.15.